The van der Waals surface area contributed by atoms with Gasteiger partial charge in [0.05, 0.1) is 6.04 Å². The summed E-state index contributed by atoms with van der Waals surface area (Å²) in [6.45, 7) is 0.462. The predicted octanol–water partition coefficient (Wildman–Crippen LogP) is 5.18. The maximum Gasteiger partial charge on any atom is 0.295 e. The van der Waals surface area contributed by atoms with Gasteiger partial charge in [0.2, 0.25) is 5.78 Å². The Morgan fingerprint density at radius 3 is 2.50 bits per heavy atom. The maximum atomic E-state index is 13.3. The minimum atomic E-state index is -0.504. The zero-order valence-electron chi connectivity index (χ0n) is 16.1. The van der Waals surface area contributed by atoms with Crippen molar-refractivity contribution in [1.29, 1.82) is 0 Å². The topological polar surface area (TPSA) is 53.2 Å². The summed E-state index contributed by atoms with van der Waals surface area (Å²) in [7, 11) is 0. The molecule has 0 spiro atoms. The molecule has 1 aliphatic heterocycles. The minimum Gasteiger partial charge on any atom is -0.356 e. The SMILES string of the molecule is O=C(C(=O)N1CCc2c([nH]c3ccccc23)[C@@H]1c1cccc(Cl)c1)c1ccccc1. The monoisotopic (exact) mass is 414 g/mol. The van der Waals surface area contributed by atoms with Crippen LogP contribution in [0.25, 0.3) is 10.9 Å². The Morgan fingerprint density at radius 1 is 0.933 bits per heavy atom. The number of carbonyl (C=O) groups is 2. The van der Waals surface area contributed by atoms with Crippen LogP contribution in [0, 0.1) is 0 Å². The summed E-state index contributed by atoms with van der Waals surface area (Å²) >= 11 is 6.28. The highest BCUT2D eigenvalue weighted by Crippen LogP contribution is 2.39. The van der Waals surface area contributed by atoms with Crippen LogP contribution in [0.2, 0.25) is 5.02 Å². The zero-order chi connectivity index (χ0) is 20.7. The number of aromatic amines is 1. The zero-order valence-corrected chi connectivity index (χ0v) is 16.9. The Kier molecular flexibility index (Phi) is 4.64. The van der Waals surface area contributed by atoms with Crippen LogP contribution < -0.4 is 0 Å². The molecule has 1 amide bonds. The summed E-state index contributed by atoms with van der Waals surface area (Å²) in [5.41, 5.74) is 4.43. The fourth-order valence-electron chi connectivity index (χ4n) is 4.33. The van der Waals surface area contributed by atoms with Gasteiger partial charge in [0, 0.05) is 33.7 Å². The Labute approximate surface area is 179 Å². The molecule has 0 bridgehead atoms. The molecule has 3 aromatic carbocycles. The van der Waals surface area contributed by atoms with E-state index in [1.807, 2.05) is 42.5 Å². The van der Waals surface area contributed by atoms with Crippen molar-refractivity contribution in [2.45, 2.75) is 12.5 Å². The van der Waals surface area contributed by atoms with Gasteiger partial charge in [0.15, 0.2) is 0 Å². The molecular formula is C25H19ClN2O2. The van der Waals surface area contributed by atoms with Crippen molar-refractivity contribution in [3.05, 3.63) is 106 Å². The Hall–Kier alpha value is -3.37. The van der Waals surface area contributed by atoms with Gasteiger partial charge in [0.25, 0.3) is 5.91 Å². The minimum absolute atomic E-state index is 0.398. The number of nitrogens with one attached hydrogen (secondary N) is 1. The molecule has 30 heavy (non-hydrogen) atoms. The standard InChI is InChI=1S/C25H19ClN2O2/c26-18-10-6-9-17(15-18)23-22-20(19-11-4-5-12-21(19)27-22)13-14-28(23)25(30)24(29)16-7-2-1-3-8-16/h1-12,15,23,27H,13-14H2/t23-/m0/s1. The molecule has 0 radical (unpaired) electrons. The second-order valence-corrected chi connectivity index (χ2v) is 7.90. The first kappa shape index (κ1) is 18.6. The number of carbonyl (C=O) groups excluding carboxylic acids is 2. The van der Waals surface area contributed by atoms with E-state index < -0.39 is 17.7 Å². The van der Waals surface area contributed by atoms with Crippen molar-refractivity contribution in [1.82, 2.24) is 9.88 Å². The number of aromatic nitrogens is 1. The lowest BCUT2D eigenvalue weighted by atomic mass is 9.91. The summed E-state index contributed by atoms with van der Waals surface area (Å²) in [6.07, 6.45) is 0.685. The number of rotatable bonds is 3. The second-order valence-electron chi connectivity index (χ2n) is 7.46. The van der Waals surface area contributed by atoms with Crippen molar-refractivity contribution in [2.24, 2.45) is 0 Å². The molecule has 0 fully saturated rings. The van der Waals surface area contributed by atoms with Gasteiger partial charge < -0.3 is 9.88 Å². The molecule has 4 aromatic rings. The van der Waals surface area contributed by atoms with Crippen LogP contribution in [0.4, 0.5) is 0 Å². The van der Waals surface area contributed by atoms with E-state index in [0.29, 0.717) is 23.6 Å². The molecule has 1 aromatic heterocycles. The molecule has 4 nitrogen and oxygen atoms in total. The number of Topliss-reactive ketones (excluding diaryl/α,β-unsaturated/α-hetero) is 1. The van der Waals surface area contributed by atoms with Gasteiger partial charge in [-0.05, 0) is 35.7 Å². The Bertz CT molecular complexity index is 1260. The molecule has 5 rings (SSSR count). The summed E-state index contributed by atoms with van der Waals surface area (Å²) < 4.78 is 0. The first-order valence-corrected chi connectivity index (χ1v) is 10.3. The number of amides is 1. The van der Waals surface area contributed by atoms with Gasteiger partial charge in [0.1, 0.15) is 0 Å². The number of hydrogen-bond acceptors (Lipinski definition) is 2. The Balaban J connectivity index is 1.63. The van der Waals surface area contributed by atoms with Gasteiger partial charge >= 0.3 is 0 Å². The van der Waals surface area contributed by atoms with Gasteiger partial charge in [-0.15, -0.1) is 0 Å². The first-order valence-electron chi connectivity index (χ1n) is 9.89. The lowest BCUT2D eigenvalue weighted by Crippen LogP contribution is -2.44. The van der Waals surface area contributed by atoms with Crippen molar-refractivity contribution >= 4 is 34.2 Å². The van der Waals surface area contributed by atoms with Crippen molar-refractivity contribution in [3.8, 4) is 0 Å². The van der Waals surface area contributed by atoms with Gasteiger partial charge in [-0.1, -0.05) is 72.3 Å². The second kappa shape index (κ2) is 7.47. The van der Waals surface area contributed by atoms with E-state index in [1.165, 1.54) is 5.56 Å². The largest absolute Gasteiger partial charge is 0.356 e. The van der Waals surface area contributed by atoms with E-state index in [9.17, 15) is 9.59 Å². The summed E-state index contributed by atoms with van der Waals surface area (Å²) in [4.78, 5) is 31.4. The summed E-state index contributed by atoms with van der Waals surface area (Å²) in [6, 6.07) is 23.9. The molecule has 1 aliphatic rings. The molecular weight excluding hydrogens is 396 g/mol. The quantitative estimate of drug-likeness (QED) is 0.371. The number of hydrogen-bond donors (Lipinski definition) is 1. The van der Waals surface area contributed by atoms with Gasteiger partial charge in [-0.2, -0.15) is 0 Å². The van der Waals surface area contributed by atoms with Gasteiger partial charge in [-0.25, -0.2) is 0 Å². The van der Waals surface area contributed by atoms with Crippen LogP contribution in [0.15, 0.2) is 78.9 Å². The average molecular weight is 415 g/mol. The molecule has 2 heterocycles. The molecule has 5 heteroatoms. The van der Waals surface area contributed by atoms with E-state index in [-0.39, 0.29) is 0 Å². The lowest BCUT2D eigenvalue weighted by Gasteiger charge is -2.36. The van der Waals surface area contributed by atoms with Crippen LogP contribution >= 0.6 is 11.6 Å². The molecule has 0 aliphatic carbocycles. The molecule has 0 unspecified atom stereocenters. The maximum absolute atomic E-state index is 13.3. The number of fused-ring (bicyclic) bond motifs is 3. The number of benzene rings is 3. The number of H-pyrrole nitrogens is 1. The third-order valence-corrected chi connectivity index (χ3v) is 5.93. The number of ketones is 1. The van der Waals surface area contributed by atoms with E-state index in [0.717, 1.165) is 22.2 Å². The highest BCUT2D eigenvalue weighted by Gasteiger charge is 2.37. The third-order valence-electron chi connectivity index (χ3n) is 5.69. The third kappa shape index (κ3) is 3.10. The van der Waals surface area contributed by atoms with E-state index >= 15 is 0 Å². The number of nitrogens with zero attached hydrogens (tertiary/aromatic N) is 1. The normalized spacial score (nSPS) is 15.8. The lowest BCUT2D eigenvalue weighted by molar-refractivity contribution is -0.128. The summed E-state index contributed by atoms with van der Waals surface area (Å²) in [5, 5.41) is 1.75. The number of para-hydroxylation sites is 1. The first-order chi connectivity index (χ1) is 14.6. The molecule has 0 saturated heterocycles. The van der Waals surface area contributed by atoms with Gasteiger partial charge in [-0.3, -0.25) is 9.59 Å². The molecule has 1 N–H and O–H groups in total. The molecule has 148 valence electrons. The van der Waals surface area contributed by atoms with E-state index in [4.69, 9.17) is 11.6 Å². The van der Waals surface area contributed by atoms with Crippen LogP contribution in [0.3, 0.4) is 0 Å². The smallest absolute Gasteiger partial charge is 0.295 e. The van der Waals surface area contributed by atoms with E-state index in [1.54, 1.807) is 35.2 Å². The van der Waals surface area contributed by atoms with Crippen LogP contribution in [-0.2, 0) is 11.2 Å². The van der Waals surface area contributed by atoms with E-state index in [2.05, 4.69) is 11.1 Å². The predicted molar refractivity (Wildman–Crippen MR) is 118 cm³/mol. The molecule has 0 saturated carbocycles. The van der Waals surface area contributed by atoms with Crippen molar-refractivity contribution < 1.29 is 9.59 Å². The van der Waals surface area contributed by atoms with Crippen LogP contribution in [0.1, 0.15) is 33.2 Å². The highest BCUT2D eigenvalue weighted by atomic mass is 35.5. The fourth-order valence-corrected chi connectivity index (χ4v) is 4.53. The van der Waals surface area contributed by atoms with Crippen LogP contribution in [-0.4, -0.2) is 28.1 Å². The van der Waals surface area contributed by atoms with Crippen LogP contribution in [0.5, 0.6) is 0 Å². The van der Waals surface area contributed by atoms with Crippen molar-refractivity contribution in [3.63, 3.8) is 0 Å². The Morgan fingerprint density at radius 2 is 1.70 bits per heavy atom. The summed E-state index contributed by atoms with van der Waals surface area (Å²) in [5.74, 6) is -1.00. The average Bonchev–Trinajstić information content (AvgIpc) is 3.16. The number of halogens is 1. The fraction of sp³-hybridized carbons (Fsp3) is 0.120. The van der Waals surface area contributed by atoms with Crippen molar-refractivity contribution in [2.75, 3.05) is 6.54 Å². The highest BCUT2D eigenvalue weighted by molar-refractivity contribution is 6.42. The molecule has 1 atom stereocenters.